The first kappa shape index (κ1) is 37.3. The molecule has 0 radical (unpaired) electrons. The maximum absolute atomic E-state index is 14.0. The third-order valence-electron chi connectivity index (χ3n) is 9.56. The average Bonchev–Trinajstić information content (AvgIpc) is 3.54. The maximum Gasteiger partial charge on any atom is 0.329 e. The Hall–Kier alpha value is -3.20. The number of ether oxygens (including phenoxy) is 1. The largest absolute Gasteiger partial charge is 0.456 e. The van der Waals surface area contributed by atoms with E-state index in [1.165, 1.54) is 0 Å². The smallest absolute Gasteiger partial charge is 0.329 e. The number of piperidine rings is 1. The van der Waals surface area contributed by atoms with Crippen molar-refractivity contribution in [2.75, 3.05) is 20.1 Å². The molecule has 0 aromatic heterocycles. The topological polar surface area (TPSA) is 99.3 Å². The number of nitrogens with zero attached hydrogens (tertiary/aromatic N) is 3. The zero-order valence-corrected chi connectivity index (χ0v) is 29.6. The number of esters is 1. The summed E-state index contributed by atoms with van der Waals surface area (Å²) in [6.07, 6.45) is 6.24. The Morgan fingerprint density at radius 2 is 1.59 bits per heavy atom. The van der Waals surface area contributed by atoms with Gasteiger partial charge in [-0.25, -0.2) is 4.79 Å². The molecule has 3 rings (SSSR count). The van der Waals surface area contributed by atoms with E-state index in [1.54, 1.807) is 23.8 Å². The van der Waals surface area contributed by atoms with Crippen LogP contribution in [0.25, 0.3) is 0 Å². The summed E-state index contributed by atoms with van der Waals surface area (Å²) in [7, 11) is 1.74. The second-order valence-electron chi connectivity index (χ2n) is 14.0. The van der Waals surface area contributed by atoms with Crippen LogP contribution < -0.4 is 5.32 Å². The first-order chi connectivity index (χ1) is 21.8. The minimum absolute atomic E-state index is 0.00511. The Labute approximate surface area is 277 Å². The van der Waals surface area contributed by atoms with Crippen LogP contribution in [-0.4, -0.2) is 88.7 Å². The Morgan fingerprint density at radius 3 is 2.17 bits per heavy atom. The summed E-state index contributed by atoms with van der Waals surface area (Å²) in [5.41, 5.74) is 1.41. The molecule has 1 unspecified atom stereocenters. The van der Waals surface area contributed by atoms with E-state index in [-0.39, 0.29) is 59.8 Å². The lowest BCUT2D eigenvalue weighted by Gasteiger charge is -2.39. The fourth-order valence-corrected chi connectivity index (χ4v) is 6.82. The summed E-state index contributed by atoms with van der Waals surface area (Å²) in [5, 5.41) is 3.10. The van der Waals surface area contributed by atoms with Gasteiger partial charge in [-0.3, -0.25) is 19.3 Å². The van der Waals surface area contributed by atoms with Crippen molar-refractivity contribution in [3.8, 4) is 0 Å². The van der Waals surface area contributed by atoms with Crippen LogP contribution in [0.5, 0.6) is 0 Å². The number of benzene rings is 1. The molecule has 1 N–H and O–H groups in total. The number of rotatable bonds is 13. The first-order valence-corrected chi connectivity index (χ1v) is 17.4. The van der Waals surface area contributed by atoms with Gasteiger partial charge in [0.1, 0.15) is 18.2 Å². The predicted octanol–water partition coefficient (Wildman–Crippen LogP) is 5.50. The highest BCUT2D eigenvalue weighted by atomic mass is 16.5. The van der Waals surface area contributed by atoms with Crippen molar-refractivity contribution < 1.29 is 23.9 Å². The predicted molar refractivity (Wildman–Crippen MR) is 182 cm³/mol. The fourth-order valence-electron chi connectivity index (χ4n) is 6.82. The molecule has 9 heteroatoms. The van der Waals surface area contributed by atoms with E-state index in [0.29, 0.717) is 25.0 Å². The molecule has 5 atom stereocenters. The molecule has 1 aromatic carbocycles. The van der Waals surface area contributed by atoms with Crippen LogP contribution in [0.2, 0.25) is 0 Å². The lowest BCUT2D eigenvalue weighted by Crippen LogP contribution is -2.58. The number of hydrogen-bond acceptors (Lipinski definition) is 6. The van der Waals surface area contributed by atoms with Gasteiger partial charge in [0.05, 0.1) is 12.1 Å². The van der Waals surface area contributed by atoms with Gasteiger partial charge in [0.25, 0.3) is 0 Å². The molecule has 2 saturated heterocycles. The van der Waals surface area contributed by atoms with Crippen LogP contribution >= 0.6 is 0 Å². The second-order valence-corrected chi connectivity index (χ2v) is 14.0. The first-order valence-electron chi connectivity index (χ1n) is 17.4. The molecule has 46 heavy (non-hydrogen) atoms. The lowest BCUT2D eigenvalue weighted by atomic mass is 9.95. The van der Waals surface area contributed by atoms with E-state index in [9.17, 15) is 19.2 Å². The summed E-state index contributed by atoms with van der Waals surface area (Å²) < 4.78 is 5.92. The van der Waals surface area contributed by atoms with Gasteiger partial charge in [-0.2, -0.15) is 0 Å². The Bertz CT molecular complexity index is 1210. The average molecular weight is 639 g/mol. The Kier molecular flexibility index (Phi) is 13.8. The molecule has 2 heterocycles. The summed E-state index contributed by atoms with van der Waals surface area (Å²) in [6, 6.07) is 7.96. The molecule has 2 fully saturated rings. The van der Waals surface area contributed by atoms with Crippen molar-refractivity contribution in [3.63, 3.8) is 0 Å². The third-order valence-corrected chi connectivity index (χ3v) is 9.56. The van der Waals surface area contributed by atoms with Crippen LogP contribution in [-0.2, 0) is 23.9 Å². The monoisotopic (exact) mass is 638 g/mol. The lowest BCUT2D eigenvalue weighted by molar-refractivity contribution is -0.157. The molecule has 0 bridgehead atoms. The number of carbonyl (C=O) groups is 4. The van der Waals surface area contributed by atoms with Crippen molar-refractivity contribution >= 4 is 23.7 Å². The van der Waals surface area contributed by atoms with Gasteiger partial charge in [0.15, 0.2) is 0 Å². The third kappa shape index (κ3) is 9.20. The highest BCUT2D eigenvalue weighted by molar-refractivity contribution is 5.96. The van der Waals surface area contributed by atoms with Gasteiger partial charge >= 0.3 is 5.97 Å². The number of amides is 3. The molecule has 9 nitrogen and oxygen atoms in total. The van der Waals surface area contributed by atoms with Crippen molar-refractivity contribution in [2.45, 2.75) is 130 Å². The maximum atomic E-state index is 14.0. The zero-order chi connectivity index (χ0) is 34.1. The molecule has 0 aliphatic carbocycles. The van der Waals surface area contributed by atoms with Gasteiger partial charge in [0, 0.05) is 25.2 Å². The zero-order valence-electron chi connectivity index (χ0n) is 29.6. The van der Waals surface area contributed by atoms with Crippen LogP contribution in [0.4, 0.5) is 0 Å². The number of likely N-dealkylation sites (N-methyl/N-ethyl adjacent to an activating group) is 1. The molecule has 1 aromatic rings. The van der Waals surface area contributed by atoms with E-state index in [1.807, 2.05) is 71.0 Å². The molecule has 256 valence electrons. The van der Waals surface area contributed by atoms with Gasteiger partial charge in [0.2, 0.25) is 17.7 Å². The SMILES string of the molecule is CC[C@H](OC(=O)[C@@H]1CCCN1C(=O)C(C)=C[C@H](C(C)C)N(C)C(=O)[C@@H](NC(=O)C1CCCCN1C(C)C)C(C)C)c1ccccc1. The number of nitrogens with one attached hydrogen (secondary N) is 1. The standard InChI is InChI=1S/C37H58N4O5/c1-10-32(28-17-12-11-13-18-28)46-37(45)30-20-16-22-41(30)35(43)27(8)23-31(24(2)3)39(9)36(44)33(25(4)5)38-34(42)29-19-14-15-21-40(29)26(6)7/h11-13,17-18,23-26,29-33H,10,14-16,19-22H2,1-9H3,(H,38,42)/t29?,30-,31+,32-,33-/m0/s1. The molecule has 0 spiro atoms. The van der Waals surface area contributed by atoms with Gasteiger partial charge < -0.3 is 19.9 Å². The molecule has 2 aliphatic rings. The van der Waals surface area contributed by atoms with E-state index >= 15 is 0 Å². The van der Waals surface area contributed by atoms with Gasteiger partial charge in [-0.1, -0.05) is 77.4 Å². The molecular weight excluding hydrogens is 580 g/mol. The number of hydrogen-bond donors (Lipinski definition) is 1. The highest BCUT2D eigenvalue weighted by Gasteiger charge is 2.38. The number of likely N-dealkylation sites (tertiary alicyclic amines) is 2. The van der Waals surface area contributed by atoms with E-state index in [4.69, 9.17) is 4.74 Å². The van der Waals surface area contributed by atoms with E-state index in [2.05, 4.69) is 24.1 Å². The van der Waals surface area contributed by atoms with Crippen molar-refractivity contribution in [3.05, 3.63) is 47.5 Å². The van der Waals surface area contributed by atoms with Gasteiger partial charge in [-0.15, -0.1) is 0 Å². The van der Waals surface area contributed by atoms with Crippen molar-refractivity contribution in [1.29, 1.82) is 0 Å². The van der Waals surface area contributed by atoms with E-state index < -0.39 is 12.1 Å². The quantitative estimate of drug-likeness (QED) is 0.226. The Balaban J connectivity index is 1.74. The fraction of sp³-hybridized carbons (Fsp3) is 0.676. The van der Waals surface area contributed by atoms with Crippen molar-refractivity contribution in [2.24, 2.45) is 11.8 Å². The minimum Gasteiger partial charge on any atom is -0.456 e. The van der Waals surface area contributed by atoms with E-state index in [0.717, 1.165) is 37.8 Å². The highest BCUT2D eigenvalue weighted by Crippen LogP contribution is 2.27. The van der Waals surface area contributed by atoms with Gasteiger partial charge in [-0.05, 0) is 76.8 Å². The summed E-state index contributed by atoms with van der Waals surface area (Å²) >= 11 is 0. The number of carbonyl (C=O) groups excluding carboxylic acids is 4. The summed E-state index contributed by atoms with van der Waals surface area (Å²) in [4.78, 5) is 60.1. The van der Waals surface area contributed by atoms with Crippen LogP contribution in [0, 0.1) is 11.8 Å². The second kappa shape index (κ2) is 17.1. The molecular formula is C37H58N4O5. The molecule has 3 amide bonds. The summed E-state index contributed by atoms with van der Waals surface area (Å²) in [6.45, 7) is 17.2. The minimum atomic E-state index is -0.687. The molecule has 2 aliphatic heterocycles. The molecule has 0 saturated carbocycles. The van der Waals surface area contributed by atoms with Crippen LogP contribution in [0.15, 0.2) is 42.0 Å². The normalized spacial score (nSPS) is 21.3. The Morgan fingerprint density at radius 1 is 0.935 bits per heavy atom. The van der Waals surface area contributed by atoms with Crippen LogP contribution in [0.3, 0.4) is 0 Å². The van der Waals surface area contributed by atoms with Crippen molar-refractivity contribution in [1.82, 2.24) is 20.0 Å². The summed E-state index contributed by atoms with van der Waals surface area (Å²) in [5.74, 6) is -0.995. The van der Waals surface area contributed by atoms with Crippen LogP contribution in [0.1, 0.15) is 106 Å².